The second kappa shape index (κ2) is 4.59. The van der Waals surface area contributed by atoms with Crippen molar-refractivity contribution in [1.29, 1.82) is 0 Å². The molecule has 3 nitrogen and oxygen atoms in total. The molecule has 1 atom stereocenters. The van der Waals surface area contributed by atoms with E-state index in [1.165, 1.54) is 6.07 Å². The first-order valence-electron chi connectivity index (χ1n) is 5.31. The van der Waals surface area contributed by atoms with Gasteiger partial charge in [0.05, 0.1) is 15.8 Å². The Morgan fingerprint density at radius 2 is 2.25 bits per heavy atom. The fraction of sp³-hybridized carbons (Fsp3) is 0.455. The summed E-state index contributed by atoms with van der Waals surface area (Å²) < 4.78 is 13.7. The quantitative estimate of drug-likeness (QED) is 0.818. The summed E-state index contributed by atoms with van der Waals surface area (Å²) in [5.41, 5.74) is 12.8. The summed E-state index contributed by atoms with van der Waals surface area (Å²) in [6.07, 6.45) is 1.07. The van der Waals surface area contributed by atoms with E-state index in [0.717, 1.165) is 25.2 Å². The van der Waals surface area contributed by atoms with Gasteiger partial charge in [0.1, 0.15) is 5.82 Å². The molecular formula is C11H15BrFN3. The van der Waals surface area contributed by atoms with Crippen molar-refractivity contribution in [1.82, 2.24) is 0 Å². The molecule has 1 aliphatic heterocycles. The zero-order valence-corrected chi connectivity index (χ0v) is 10.5. The van der Waals surface area contributed by atoms with Crippen LogP contribution in [0.1, 0.15) is 6.42 Å². The number of nitrogens with two attached hydrogens (primary N) is 2. The normalized spacial score (nSPS) is 20.4. The molecule has 0 spiro atoms. The van der Waals surface area contributed by atoms with Gasteiger partial charge in [-0.3, -0.25) is 0 Å². The average molecular weight is 288 g/mol. The Balaban J connectivity index is 2.24. The van der Waals surface area contributed by atoms with Gasteiger partial charge < -0.3 is 16.4 Å². The van der Waals surface area contributed by atoms with E-state index in [9.17, 15) is 4.39 Å². The van der Waals surface area contributed by atoms with Gasteiger partial charge in [-0.15, -0.1) is 0 Å². The van der Waals surface area contributed by atoms with Crippen LogP contribution in [0.4, 0.5) is 15.8 Å². The molecule has 0 saturated carbocycles. The van der Waals surface area contributed by atoms with Gasteiger partial charge >= 0.3 is 0 Å². The van der Waals surface area contributed by atoms with Gasteiger partial charge in [0.2, 0.25) is 0 Å². The van der Waals surface area contributed by atoms with E-state index in [1.54, 1.807) is 6.07 Å². The Hall–Kier alpha value is -0.810. The lowest BCUT2D eigenvalue weighted by Gasteiger charge is -2.21. The third-order valence-corrected chi connectivity index (χ3v) is 3.64. The number of hydrogen-bond donors (Lipinski definition) is 2. The molecule has 1 fully saturated rings. The molecule has 1 heterocycles. The van der Waals surface area contributed by atoms with Crippen LogP contribution in [0, 0.1) is 11.7 Å². The van der Waals surface area contributed by atoms with Crippen LogP contribution in [0.2, 0.25) is 0 Å². The van der Waals surface area contributed by atoms with Crippen LogP contribution in [0.3, 0.4) is 0 Å². The highest BCUT2D eigenvalue weighted by molar-refractivity contribution is 9.10. The van der Waals surface area contributed by atoms with Gasteiger partial charge in [0.25, 0.3) is 0 Å². The van der Waals surface area contributed by atoms with Crippen LogP contribution in [-0.2, 0) is 0 Å². The molecule has 16 heavy (non-hydrogen) atoms. The fourth-order valence-corrected chi connectivity index (χ4v) is 2.40. The summed E-state index contributed by atoms with van der Waals surface area (Å²) in [5.74, 6) is 0.194. The SMILES string of the molecule is NCC1CCN(c2cc(Br)c(F)cc2N)C1. The maximum Gasteiger partial charge on any atom is 0.139 e. The monoisotopic (exact) mass is 287 g/mol. The summed E-state index contributed by atoms with van der Waals surface area (Å²) in [5, 5.41) is 0. The summed E-state index contributed by atoms with van der Waals surface area (Å²) in [6.45, 7) is 2.53. The van der Waals surface area contributed by atoms with Gasteiger partial charge in [-0.2, -0.15) is 0 Å². The van der Waals surface area contributed by atoms with E-state index < -0.39 is 0 Å². The minimum absolute atomic E-state index is 0.323. The lowest BCUT2D eigenvalue weighted by molar-refractivity contribution is 0.602. The standard InChI is InChI=1S/C11H15BrFN3/c12-8-3-11(10(15)4-9(8)13)16-2-1-7(5-14)6-16/h3-4,7H,1-2,5-6,14-15H2. The Morgan fingerprint density at radius 1 is 1.50 bits per heavy atom. The highest BCUT2D eigenvalue weighted by Crippen LogP contribution is 2.32. The molecule has 1 unspecified atom stereocenters. The Kier molecular flexibility index (Phi) is 3.35. The minimum atomic E-state index is -0.323. The van der Waals surface area contributed by atoms with E-state index in [1.807, 2.05) is 0 Å². The summed E-state index contributed by atoms with van der Waals surface area (Å²) in [7, 11) is 0. The zero-order valence-electron chi connectivity index (χ0n) is 8.92. The van der Waals surface area contributed by atoms with Gasteiger partial charge in [0, 0.05) is 19.2 Å². The number of nitrogen functional groups attached to an aromatic ring is 1. The lowest BCUT2D eigenvalue weighted by Crippen LogP contribution is -2.23. The molecule has 0 bridgehead atoms. The van der Waals surface area contributed by atoms with Crippen LogP contribution in [0.15, 0.2) is 16.6 Å². The third-order valence-electron chi connectivity index (χ3n) is 3.03. The van der Waals surface area contributed by atoms with Crippen LogP contribution in [0.25, 0.3) is 0 Å². The van der Waals surface area contributed by atoms with E-state index in [-0.39, 0.29) is 5.82 Å². The first-order chi connectivity index (χ1) is 7.61. The summed E-state index contributed by atoms with van der Waals surface area (Å²) in [4.78, 5) is 2.16. The van der Waals surface area contributed by atoms with Gasteiger partial charge in [-0.25, -0.2) is 4.39 Å². The van der Waals surface area contributed by atoms with Gasteiger partial charge in [-0.1, -0.05) is 0 Å². The molecule has 0 radical (unpaired) electrons. The third kappa shape index (κ3) is 2.15. The second-order valence-electron chi connectivity index (χ2n) is 4.16. The zero-order chi connectivity index (χ0) is 11.7. The van der Waals surface area contributed by atoms with Crippen LogP contribution >= 0.6 is 15.9 Å². The number of benzene rings is 1. The second-order valence-corrected chi connectivity index (χ2v) is 5.02. The van der Waals surface area contributed by atoms with Crippen molar-refractivity contribution in [3.05, 3.63) is 22.4 Å². The molecule has 88 valence electrons. The van der Waals surface area contributed by atoms with E-state index >= 15 is 0 Å². The van der Waals surface area contributed by atoms with E-state index in [4.69, 9.17) is 11.5 Å². The highest BCUT2D eigenvalue weighted by atomic mass is 79.9. The van der Waals surface area contributed by atoms with Gasteiger partial charge in [-0.05, 0) is 40.9 Å². The minimum Gasteiger partial charge on any atom is -0.397 e. The van der Waals surface area contributed by atoms with Gasteiger partial charge in [0.15, 0.2) is 0 Å². The maximum absolute atomic E-state index is 13.2. The molecule has 0 aliphatic carbocycles. The topological polar surface area (TPSA) is 55.3 Å². The van der Waals surface area contributed by atoms with Crippen molar-refractivity contribution in [2.24, 2.45) is 11.7 Å². The molecule has 1 aromatic rings. The van der Waals surface area contributed by atoms with Crippen molar-refractivity contribution in [2.45, 2.75) is 6.42 Å². The first-order valence-corrected chi connectivity index (χ1v) is 6.10. The maximum atomic E-state index is 13.2. The van der Waals surface area contributed by atoms with Crippen LogP contribution < -0.4 is 16.4 Å². The van der Waals surface area contributed by atoms with E-state index in [2.05, 4.69) is 20.8 Å². The Bertz CT molecular complexity index is 397. The molecule has 0 amide bonds. The number of nitrogens with zero attached hydrogens (tertiary/aromatic N) is 1. The molecular weight excluding hydrogens is 273 g/mol. The van der Waals surface area contributed by atoms with Crippen molar-refractivity contribution in [3.63, 3.8) is 0 Å². The molecule has 1 aromatic carbocycles. The highest BCUT2D eigenvalue weighted by Gasteiger charge is 2.23. The summed E-state index contributed by atoms with van der Waals surface area (Å²) >= 11 is 3.18. The molecule has 5 heteroatoms. The Labute approximate surface area is 103 Å². The Morgan fingerprint density at radius 3 is 2.88 bits per heavy atom. The molecule has 2 rings (SSSR count). The predicted octanol–water partition coefficient (Wildman–Crippen LogP) is 1.96. The molecule has 1 saturated heterocycles. The van der Waals surface area contributed by atoms with Crippen molar-refractivity contribution >= 4 is 27.3 Å². The smallest absolute Gasteiger partial charge is 0.139 e. The molecule has 1 aliphatic rings. The predicted molar refractivity (Wildman–Crippen MR) is 67.9 cm³/mol. The number of hydrogen-bond acceptors (Lipinski definition) is 3. The van der Waals surface area contributed by atoms with Crippen molar-refractivity contribution in [2.75, 3.05) is 30.3 Å². The average Bonchev–Trinajstić information content (AvgIpc) is 2.71. The molecule has 0 aromatic heterocycles. The van der Waals surface area contributed by atoms with Crippen LogP contribution in [0.5, 0.6) is 0 Å². The van der Waals surface area contributed by atoms with Crippen molar-refractivity contribution in [3.8, 4) is 0 Å². The first kappa shape index (κ1) is 11.7. The number of anilines is 2. The summed E-state index contributed by atoms with van der Waals surface area (Å²) in [6, 6.07) is 3.10. The molecule has 4 N–H and O–H groups in total. The number of rotatable bonds is 2. The van der Waals surface area contributed by atoms with Crippen molar-refractivity contribution < 1.29 is 4.39 Å². The number of halogens is 2. The van der Waals surface area contributed by atoms with Crippen LogP contribution in [-0.4, -0.2) is 19.6 Å². The largest absolute Gasteiger partial charge is 0.397 e. The van der Waals surface area contributed by atoms with E-state index in [0.29, 0.717) is 22.6 Å². The lowest BCUT2D eigenvalue weighted by atomic mass is 10.1. The fourth-order valence-electron chi connectivity index (χ4n) is 2.07.